The first-order valence-corrected chi connectivity index (χ1v) is 17.1. The Kier molecular flexibility index (Phi) is 12.0. The molecule has 2 aromatic carbocycles. The zero-order valence-corrected chi connectivity index (χ0v) is 29.0. The van der Waals surface area contributed by atoms with Gasteiger partial charge >= 0.3 is 6.18 Å². The fourth-order valence-corrected chi connectivity index (χ4v) is 7.13. The molecular formula is C42H47F3N2O2. The highest BCUT2D eigenvalue weighted by atomic mass is 19.4. The summed E-state index contributed by atoms with van der Waals surface area (Å²) in [4.78, 5) is 4.20. The first kappa shape index (κ1) is 36.0. The molecular weight excluding hydrogens is 621 g/mol. The van der Waals surface area contributed by atoms with Gasteiger partial charge in [0.1, 0.15) is 11.6 Å². The zero-order chi connectivity index (χ0) is 35.0. The molecule has 0 aromatic heterocycles. The number of alkyl halides is 3. The quantitative estimate of drug-likeness (QED) is 0.191. The van der Waals surface area contributed by atoms with Crippen molar-refractivity contribution < 1.29 is 22.6 Å². The number of nitrogens with zero attached hydrogens (tertiary/aromatic N) is 1. The lowest BCUT2D eigenvalue weighted by Gasteiger charge is -2.23. The van der Waals surface area contributed by atoms with Crippen LogP contribution in [-0.2, 0) is 4.74 Å². The predicted molar refractivity (Wildman–Crippen MR) is 195 cm³/mol. The van der Waals surface area contributed by atoms with Gasteiger partial charge in [0.05, 0.1) is 12.7 Å². The number of methoxy groups -OCH3 is 2. The van der Waals surface area contributed by atoms with Crippen LogP contribution in [0.3, 0.4) is 0 Å². The van der Waals surface area contributed by atoms with Crippen LogP contribution >= 0.6 is 0 Å². The van der Waals surface area contributed by atoms with Gasteiger partial charge in [0.2, 0.25) is 0 Å². The van der Waals surface area contributed by atoms with Crippen LogP contribution < -0.4 is 10.1 Å². The summed E-state index contributed by atoms with van der Waals surface area (Å²) in [6.45, 7) is 8.87. The lowest BCUT2D eigenvalue weighted by Crippen LogP contribution is -2.17. The number of nitrogens with one attached hydrogen (secondary N) is 1. The Bertz CT molecular complexity index is 1740. The largest absolute Gasteiger partial charge is 0.496 e. The van der Waals surface area contributed by atoms with Gasteiger partial charge in [-0.2, -0.15) is 13.2 Å². The molecule has 3 aliphatic rings. The van der Waals surface area contributed by atoms with Crippen molar-refractivity contribution in [3.63, 3.8) is 0 Å². The predicted octanol–water partition coefficient (Wildman–Crippen LogP) is 11.3. The summed E-state index contributed by atoms with van der Waals surface area (Å²) < 4.78 is 54.3. The maximum atomic E-state index is 14.4. The fourth-order valence-electron chi connectivity index (χ4n) is 7.13. The number of halogens is 3. The highest BCUT2D eigenvalue weighted by Crippen LogP contribution is 2.43. The Morgan fingerprint density at radius 2 is 1.92 bits per heavy atom. The van der Waals surface area contributed by atoms with Crippen LogP contribution in [0, 0.1) is 11.8 Å². The lowest BCUT2D eigenvalue weighted by atomic mass is 9.83. The highest BCUT2D eigenvalue weighted by Gasteiger charge is 2.39. The van der Waals surface area contributed by atoms with Crippen molar-refractivity contribution in [1.29, 1.82) is 0 Å². The topological polar surface area (TPSA) is 42.8 Å². The second-order valence-electron chi connectivity index (χ2n) is 13.0. The van der Waals surface area contributed by atoms with Crippen LogP contribution in [0.15, 0.2) is 124 Å². The Balaban J connectivity index is 1.34. The second kappa shape index (κ2) is 16.4. The van der Waals surface area contributed by atoms with Gasteiger partial charge < -0.3 is 14.8 Å². The van der Waals surface area contributed by atoms with Crippen LogP contribution in [0.4, 0.5) is 18.9 Å². The summed E-state index contributed by atoms with van der Waals surface area (Å²) in [5, 5.41) is 3.17. The zero-order valence-electron chi connectivity index (χ0n) is 29.0. The number of ether oxygens (including phenoxy) is 2. The molecule has 0 amide bonds. The van der Waals surface area contributed by atoms with Gasteiger partial charge in [-0.25, -0.2) is 4.99 Å². The third-order valence-electron chi connectivity index (χ3n) is 10.1. The third-order valence-corrected chi connectivity index (χ3v) is 10.1. The van der Waals surface area contributed by atoms with E-state index in [0.29, 0.717) is 41.9 Å². The molecule has 0 fully saturated rings. The molecule has 7 heteroatoms. The van der Waals surface area contributed by atoms with Crippen molar-refractivity contribution in [2.75, 3.05) is 26.1 Å². The van der Waals surface area contributed by atoms with Crippen molar-refractivity contribution >= 4 is 17.1 Å². The number of rotatable bonds is 11. The SMILES string of the molecule is C=C(C1=C=CC(Nc2ccc(C3=CCCC(C4=CCC(/C(C)=C\C)C4)CC3)c(OC)c2)=NC=C1C(F)(F)F)C(CCOC)c1ccccc1. The molecule has 2 aromatic rings. The minimum Gasteiger partial charge on any atom is -0.496 e. The van der Waals surface area contributed by atoms with Gasteiger partial charge in [-0.1, -0.05) is 66.3 Å². The normalized spacial score (nSPS) is 20.6. The van der Waals surface area contributed by atoms with E-state index in [-0.39, 0.29) is 11.4 Å². The van der Waals surface area contributed by atoms with E-state index in [1.54, 1.807) is 19.8 Å². The van der Waals surface area contributed by atoms with Crippen molar-refractivity contribution in [2.24, 2.45) is 16.8 Å². The summed E-state index contributed by atoms with van der Waals surface area (Å²) in [5.74, 6) is 1.78. The number of hydrogen-bond donors (Lipinski definition) is 1. The van der Waals surface area contributed by atoms with Gasteiger partial charge in [0.25, 0.3) is 0 Å². The molecule has 1 N–H and O–H groups in total. The lowest BCUT2D eigenvalue weighted by molar-refractivity contribution is -0.0893. The van der Waals surface area contributed by atoms with Crippen LogP contribution in [0.2, 0.25) is 0 Å². The monoisotopic (exact) mass is 668 g/mol. The van der Waals surface area contributed by atoms with Crippen molar-refractivity contribution in [3.8, 4) is 5.75 Å². The van der Waals surface area contributed by atoms with E-state index in [1.807, 2.05) is 48.5 Å². The Hall–Kier alpha value is -4.32. The molecule has 3 atom stereocenters. The molecule has 0 radical (unpaired) electrons. The molecule has 1 heterocycles. The molecule has 0 saturated carbocycles. The Morgan fingerprint density at radius 3 is 2.63 bits per heavy atom. The number of allylic oxidation sites excluding steroid dienone is 8. The van der Waals surface area contributed by atoms with Crippen molar-refractivity contribution in [2.45, 2.75) is 70.9 Å². The third kappa shape index (κ3) is 8.83. The van der Waals surface area contributed by atoms with E-state index >= 15 is 0 Å². The van der Waals surface area contributed by atoms with Crippen LogP contribution in [0.25, 0.3) is 5.57 Å². The van der Waals surface area contributed by atoms with Gasteiger partial charge in [-0.3, -0.25) is 0 Å². The van der Waals surface area contributed by atoms with E-state index in [0.717, 1.165) is 49.4 Å². The van der Waals surface area contributed by atoms with Crippen molar-refractivity contribution in [3.05, 3.63) is 130 Å². The molecule has 5 rings (SSSR count). The van der Waals surface area contributed by atoms with Gasteiger partial charge in [0, 0.05) is 54.8 Å². The molecule has 0 bridgehead atoms. The molecule has 0 spiro atoms. The van der Waals surface area contributed by atoms with Crippen LogP contribution in [-0.4, -0.2) is 32.8 Å². The first-order chi connectivity index (χ1) is 23.6. The minimum atomic E-state index is -4.65. The molecule has 2 aliphatic carbocycles. The van der Waals surface area contributed by atoms with Crippen molar-refractivity contribution in [1.82, 2.24) is 0 Å². The number of hydrogen-bond acceptors (Lipinski definition) is 4. The van der Waals surface area contributed by atoms with E-state index < -0.39 is 17.7 Å². The molecule has 4 nitrogen and oxygen atoms in total. The number of amidine groups is 1. The highest BCUT2D eigenvalue weighted by molar-refractivity contribution is 6.04. The van der Waals surface area contributed by atoms with Gasteiger partial charge in [0.15, 0.2) is 0 Å². The average molecular weight is 669 g/mol. The Morgan fingerprint density at radius 1 is 1.12 bits per heavy atom. The standard InChI is InChI=1S/C42H47F3N2O2/c1-6-28(2)33-17-18-34(25-33)30-13-10-14-32(16-15-30)38-20-19-35(26-40(38)49-5)47-41-22-21-37(39(27-46-41)42(43,44)45)29(3)36(23-24-48-4)31-11-8-7-9-12-31/h6-9,11-12,14,18-20,22,26-27,30,33,36H,3,10,13,15-17,23-25H2,1-2,4-5H3,(H,46,47)/b28-6-. The maximum absolute atomic E-state index is 14.4. The number of aliphatic imine (C=N–C) groups is 1. The summed E-state index contributed by atoms with van der Waals surface area (Å²) in [6, 6.07) is 15.2. The maximum Gasteiger partial charge on any atom is 0.419 e. The molecule has 258 valence electrons. The number of anilines is 1. The van der Waals surface area contributed by atoms with Crippen LogP contribution in [0.1, 0.15) is 75.8 Å². The molecule has 3 unspecified atom stereocenters. The summed E-state index contributed by atoms with van der Waals surface area (Å²) >= 11 is 0. The molecule has 1 aliphatic heterocycles. The summed E-state index contributed by atoms with van der Waals surface area (Å²) in [7, 11) is 3.22. The van der Waals surface area contributed by atoms with E-state index in [1.165, 1.54) is 23.6 Å². The first-order valence-electron chi connectivity index (χ1n) is 17.1. The average Bonchev–Trinajstić information content (AvgIpc) is 3.32. The Labute approximate surface area is 289 Å². The second-order valence-corrected chi connectivity index (χ2v) is 13.0. The van der Waals surface area contributed by atoms with Gasteiger partial charge in [-0.15, -0.1) is 5.73 Å². The molecule has 0 saturated heterocycles. The van der Waals surface area contributed by atoms with Crippen LogP contribution in [0.5, 0.6) is 5.75 Å². The van der Waals surface area contributed by atoms with E-state index in [9.17, 15) is 13.2 Å². The summed E-state index contributed by atoms with van der Waals surface area (Å²) in [6.07, 6.45) is 11.7. The van der Waals surface area contributed by atoms with E-state index in [4.69, 9.17) is 9.47 Å². The van der Waals surface area contributed by atoms with E-state index in [2.05, 4.69) is 54.7 Å². The smallest absolute Gasteiger partial charge is 0.419 e. The molecule has 49 heavy (non-hydrogen) atoms. The number of benzene rings is 2. The minimum absolute atomic E-state index is 0.120. The van der Waals surface area contributed by atoms with Gasteiger partial charge in [-0.05, 0) is 99.5 Å². The summed E-state index contributed by atoms with van der Waals surface area (Å²) in [5.41, 5.74) is 9.10. The fraction of sp³-hybridized carbons (Fsp3) is 0.381.